The first-order valence-corrected chi connectivity index (χ1v) is 12.0. The quantitative estimate of drug-likeness (QED) is 0.426. The van der Waals surface area contributed by atoms with Crippen LogP contribution in [0.2, 0.25) is 0 Å². The Morgan fingerprint density at radius 3 is 2.28 bits per heavy atom. The summed E-state index contributed by atoms with van der Waals surface area (Å²) in [5.74, 6) is -0.449. The van der Waals surface area contributed by atoms with E-state index >= 15 is 0 Å². The predicted molar refractivity (Wildman–Crippen MR) is 129 cm³/mol. The molecular formula is C25H30N4O2S. The molecule has 0 aliphatic carbocycles. The van der Waals surface area contributed by atoms with E-state index in [4.69, 9.17) is 0 Å². The number of carbonyl (C=O) groups excluding carboxylic acids is 2. The van der Waals surface area contributed by atoms with Gasteiger partial charge in [0, 0.05) is 17.9 Å². The van der Waals surface area contributed by atoms with Crippen molar-refractivity contribution in [2.45, 2.75) is 52.0 Å². The Labute approximate surface area is 193 Å². The summed E-state index contributed by atoms with van der Waals surface area (Å²) in [4.78, 5) is 26.0. The number of nitrogens with zero attached hydrogens (tertiary/aromatic N) is 2. The van der Waals surface area contributed by atoms with Crippen LogP contribution in [0.5, 0.6) is 0 Å². The number of rotatable bonds is 11. The van der Waals surface area contributed by atoms with Gasteiger partial charge in [-0.1, -0.05) is 98.7 Å². The van der Waals surface area contributed by atoms with Gasteiger partial charge < -0.3 is 5.32 Å². The third kappa shape index (κ3) is 6.72. The number of carbonyl (C=O) groups is 2. The van der Waals surface area contributed by atoms with E-state index in [1.807, 2.05) is 67.6 Å². The van der Waals surface area contributed by atoms with E-state index in [9.17, 15) is 9.59 Å². The molecule has 2 N–H and O–H groups in total. The Morgan fingerprint density at radius 2 is 1.62 bits per heavy atom. The second-order valence-corrected chi connectivity index (χ2v) is 8.74. The molecule has 2 aromatic carbocycles. The van der Waals surface area contributed by atoms with Crippen molar-refractivity contribution in [3.05, 3.63) is 66.2 Å². The highest BCUT2D eigenvalue weighted by Crippen LogP contribution is 2.26. The number of aromatic nitrogens is 2. The van der Waals surface area contributed by atoms with Crippen LogP contribution in [0.25, 0.3) is 10.6 Å². The van der Waals surface area contributed by atoms with Gasteiger partial charge in [0.05, 0.1) is 0 Å². The molecule has 0 bridgehead atoms. The van der Waals surface area contributed by atoms with Gasteiger partial charge in [-0.2, -0.15) is 0 Å². The number of amides is 2. The summed E-state index contributed by atoms with van der Waals surface area (Å²) >= 11 is 1.31. The first kappa shape index (κ1) is 23.6. The molecule has 0 fully saturated rings. The minimum atomic E-state index is -0.690. The van der Waals surface area contributed by atoms with Crippen LogP contribution >= 0.6 is 11.3 Å². The Kier molecular flexibility index (Phi) is 8.92. The van der Waals surface area contributed by atoms with Gasteiger partial charge in [-0.25, -0.2) is 0 Å². The molecule has 1 heterocycles. The Bertz CT molecular complexity index is 991. The molecule has 0 spiro atoms. The molecule has 0 radical (unpaired) electrons. The lowest BCUT2D eigenvalue weighted by Gasteiger charge is -2.21. The topological polar surface area (TPSA) is 84.0 Å². The SMILES string of the molecule is CCCCC(CC)C(=O)NC(Cc1ccccc1)C(=O)Nc1nnc(-c2ccccc2)s1. The lowest BCUT2D eigenvalue weighted by Crippen LogP contribution is -2.47. The standard InChI is InChI=1S/C25H30N4O2S/c1-3-5-14-19(4-2)22(30)26-21(17-18-12-8-6-9-13-18)23(31)27-25-29-28-24(32-25)20-15-10-7-11-16-20/h6-13,15-16,19,21H,3-5,14,17H2,1-2H3,(H,26,30)(H,27,29,31). The van der Waals surface area contributed by atoms with Gasteiger partial charge in [0.1, 0.15) is 11.0 Å². The number of nitrogens with one attached hydrogen (secondary N) is 2. The third-order valence-corrected chi connectivity index (χ3v) is 6.25. The summed E-state index contributed by atoms with van der Waals surface area (Å²) in [5, 5.41) is 15.3. The van der Waals surface area contributed by atoms with Gasteiger partial charge in [-0.05, 0) is 18.4 Å². The summed E-state index contributed by atoms with van der Waals surface area (Å²) < 4.78 is 0. The van der Waals surface area contributed by atoms with Crippen LogP contribution in [0, 0.1) is 5.92 Å². The number of unbranched alkanes of at least 4 members (excludes halogenated alkanes) is 1. The van der Waals surface area contributed by atoms with Crippen LogP contribution in [0.15, 0.2) is 60.7 Å². The van der Waals surface area contributed by atoms with Crippen molar-refractivity contribution in [1.82, 2.24) is 15.5 Å². The molecule has 2 atom stereocenters. The van der Waals surface area contributed by atoms with E-state index in [0.29, 0.717) is 11.6 Å². The summed E-state index contributed by atoms with van der Waals surface area (Å²) in [5.41, 5.74) is 1.93. The molecule has 7 heteroatoms. The smallest absolute Gasteiger partial charge is 0.249 e. The third-order valence-electron chi connectivity index (χ3n) is 5.36. The normalized spacial score (nSPS) is 12.7. The summed E-state index contributed by atoms with van der Waals surface area (Å²) in [6.07, 6.45) is 4.03. The number of benzene rings is 2. The van der Waals surface area contributed by atoms with Crippen molar-refractivity contribution in [2.75, 3.05) is 5.32 Å². The fraction of sp³-hybridized carbons (Fsp3) is 0.360. The van der Waals surface area contributed by atoms with E-state index < -0.39 is 6.04 Å². The molecule has 1 aromatic heterocycles. The molecule has 0 aliphatic heterocycles. The highest BCUT2D eigenvalue weighted by Gasteiger charge is 2.26. The highest BCUT2D eigenvalue weighted by molar-refractivity contribution is 7.18. The van der Waals surface area contributed by atoms with Crippen LogP contribution in [0.1, 0.15) is 45.1 Å². The van der Waals surface area contributed by atoms with Crippen LogP contribution in [0.3, 0.4) is 0 Å². The number of hydrogen-bond acceptors (Lipinski definition) is 5. The fourth-order valence-corrected chi connectivity index (χ4v) is 4.24. The van der Waals surface area contributed by atoms with Crippen molar-refractivity contribution >= 4 is 28.3 Å². The average molecular weight is 451 g/mol. The van der Waals surface area contributed by atoms with Gasteiger partial charge in [-0.3, -0.25) is 14.9 Å². The van der Waals surface area contributed by atoms with E-state index in [-0.39, 0.29) is 17.7 Å². The molecule has 2 amide bonds. The monoisotopic (exact) mass is 450 g/mol. The number of hydrogen-bond donors (Lipinski definition) is 2. The fourth-order valence-electron chi connectivity index (χ4n) is 3.48. The molecule has 0 aliphatic rings. The Balaban J connectivity index is 1.73. The molecule has 32 heavy (non-hydrogen) atoms. The Morgan fingerprint density at radius 1 is 0.938 bits per heavy atom. The van der Waals surface area contributed by atoms with E-state index in [1.54, 1.807) is 0 Å². The van der Waals surface area contributed by atoms with Gasteiger partial charge >= 0.3 is 0 Å². The highest BCUT2D eigenvalue weighted by atomic mass is 32.1. The van der Waals surface area contributed by atoms with E-state index in [0.717, 1.165) is 41.8 Å². The van der Waals surface area contributed by atoms with Crippen molar-refractivity contribution in [2.24, 2.45) is 5.92 Å². The average Bonchev–Trinajstić information content (AvgIpc) is 3.29. The maximum Gasteiger partial charge on any atom is 0.249 e. The first-order chi connectivity index (χ1) is 15.6. The van der Waals surface area contributed by atoms with Crippen LogP contribution in [0.4, 0.5) is 5.13 Å². The van der Waals surface area contributed by atoms with Gasteiger partial charge in [-0.15, -0.1) is 10.2 Å². The summed E-state index contributed by atoms with van der Waals surface area (Å²) in [6.45, 7) is 4.13. The van der Waals surface area contributed by atoms with Gasteiger partial charge in [0.25, 0.3) is 0 Å². The maximum atomic E-state index is 13.1. The van der Waals surface area contributed by atoms with E-state index in [1.165, 1.54) is 11.3 Å². The molecule has 3 rings (SSSR count). The predicted octanol–water partition coefficient (Wildman–Crippen LogP) is 5.09. The first-order valence-electron chi connectivity index (χ1n) is 11.1. The zero-order chi connectivity index (χ0) is 22.8. The largest absolute Gasteiger partial charge is 0.344 e. The van der Waals surface area contributed by atoms with Crippen molar-refractivity contribution in [3.8, 4) is 10.6 Å². The summed E-state index contributed by atoms with van der Waals surface area (Å²) in [6, 6.07) is 18.7. The summed E-state index contributed by atoms with van der Waals surface area (Å²) in [7, 11) is 0. The molecule has 2 unspecified atom stereocenters. The second-order valence-electron chi connectivity index (χ2n) is 7.77. The molecular weight excluding hydrogens is 420 g/mol. The minimum absolute atomic E-state index is 0.0701. The van der Waals surface area contributed by atoms with Crippen molar-refractivity contribution < 1.29 is 9.59 Å². The molecule has 0 saturated heterocycles. The zero-order valence-electron chi connectivity index (χ0n) is 18.6. The second kappa shape index (κ2) is 12.1. The maximum absolute atomic E-state index is 13.1. The van der Waals surface area contributed by atoms with Crippen LogP contribution < -0.4 is 10.6 Å². The zero-order valence-corrected chi connectivity index (χ0v) is 19.4. The van der Waals surface area contributed by atoms with Crippen molar-refractivity contribution in [3.63, 3.8) is 0 Å². The number of anilines is 1. The van der Waals surface area contributed by atoms with Gasteiger partial charge in [0.15, 0.2) is 0 Å². The molecule has 3 aromatic rings. The molecule has 6 nitrogen and oxygen atoms in total. The molecule has 168 valence electrons. The van der Waals surface area contributed by atoms with Gasteiger partial charge in [0.2, 0.25) is 16.9 Å². The lowest BCUT2D eigenvalue weighted by atomic mass is 9.97. The molecule has 0 saturated carbocycles. The van der Waals surface area contributed by atoms with Crippen LogP contribution in [-0.2, 0) is 16.0 Å². The Hall–Kier alpha value is -3.06. The lowest BCUT2D eigenvalue weighted by molar-refractivity contribution is -0.129. The van der Waals surface area contributed by atoms with Crippen molar-refractivity contribution in [1.29, 1.82) is 0 Å². The van der Waals surface area contributed by atoms with Crippen LogP contribution in [-0.4, -0.2) is 28.1 Å². The van der Waals surface area contributed by atoms with E-state index in [2.05, 4.69) is 27.8 Å². The minimum Gasteiger partial charge on any atom is -0.344 e.